The van der Waals surface area contributed by atoms with Crippen LogP contribution in [0.25, 0.3) is 0 Å². The lowest BCUT2D eigenvalue weighted by Crippen LogP contribution is -2.38. The fraction of sp³-hybridized carbons (Fsp3) is 0.385. The fourth-order valence-electron chi connectivity index (χ4n) is 2.33. The number of benzene rings is 1. The fourth-order valence-corrected chi connectivity index (χ4v) is 2.33. The van der Waals surface area contributed by atoms with E-state index < -0.39 is 17.0 Å². The van der Waals surface area contributed by atoms with Gasteiger partial charge in [0.2, 0.25) is 0 Å². The van der Waals surface area contributed by atoms with E-state index in [2.05, 4.69) is 0 Å². The number of rotatable bonds is 1. The SMILES string of the molecule is N#C[C@@]1(c2cccc(F)c2F)CCCCC1=O. The number of nitrogens with zero attached hydrogens (tertiary/aromatic N) is 1. The molecule has 1 atom stereocenters. The average Bonchev–Trinajstić information content (AvgIpc) is 2.34. The maximum Gasteiger partial charge on any atom is 0.164 e. The van der Waals surface area contributed by atoms with Gasteiger partial charge in [-0.25, -0.2) is 8.78 Å². The highest BCUT2D eigenvalue weighted by Crippen LogP contribution is 2.37. The van der Waals surface area contributed by atoms with Crippen molar-refractivity contribution in [2.24, 2.45) is 0 Å². The molecule has 1 aliphatic rings. The van der Waals surface area contributed by atoms with Crippen LogP contribution in [0.4, 0.5) is 8.78 Å². The van der Waals surface area contributed by atoms with Crippen LogP contribution in [0.15, 0.2) is 18.2 Å². The van der Waals surface area contributed by atoms with Crippen LogP contribution in [-0.4, -0.2) is 5.78 Å². The Labute approximate surface area is 97.9 Å². The lowest BCUT2D eigenvalue weighted by Gasteiger charge is -2.29. The number of carbonyl (C=O) groups is 1. The average molecular weight is 235 g/mol. The van der Waals surface area contributed by atoms with Crippen molar-refractivity contribution in [3.8, 4) is 6.07 Å². The standard InChI is InChI=1S/C13H11F2NO/c14-10-5-3-4-9(12(10)15)13(8-16)7-2-1-6-11(13)17/h3-5H,1-2,6-7H2/t13-/m1/s1. The van der Waals surface area contributed by atoms with Crippen LogP contribution >= 0.6 is 0 Å². The zero-order valence-corrected chi connectivity index (χ0v) is 9.17. The van der Waals surface area contributed by atoms with E-state index >= 15 is 0 Å². The summed E-state index contributed by atoms with van der Waals surface area (Å²) in [5.74, 6) is -2.41. The molecule has 4 heteroatoms. The molecule has 0 amide bonds. The molecule has 0 aromatic heterocycles. The molecule has 1 aromatic carbocycles. The summed E-state index contributed by atoms with van der Waals surface area (Å²) in [5.41, 5.74) is -1.62. The Morgan fingerprint density at radius 1 is 1.29 bits per heavy atom. The van der Waals surface area contributed by atoms with Gasteiger partial charge in [-0.1, -0.05) is 18.6 Å². The Morgan fingerprint density at radius 3 is 2.71 bits per heavy atom. The third-order valence-electron chi connectivity index (χ3n) is 3.28. The first-order valence-corrected chi connectivity index (χ1v) is 5.51. The van der Waals surface area contributed by atoms with E-state index in [-0.39, 0.29) is 24.2 Å². The van der Waals surface area contributed by atoms with Gasteiger partial charge >= 0.3 is 0 Å². The minimum atomic E-state index is -1.50. The normalized spacial score (nSPS) is 24.4. The highest BCUT2D eigenvalue weighted by molar-refractivity contribution is 5.93. The smallest absolute Gasteiger partial charge is 0.164 e. The third-order valence-corrected chi connectivity index (χ3v) is 3.28. The number of nitriles is 1. The predicted molar refractivity (Wildman–Crippen MR) is 57.1 cm³/mol. The molecule has 1 aromatic rings. The van der Waals surface area contributed by atoms with Gasteiger partial charge in [-0.3, -0.25) is 4.79 Å². The molecule has 0 aliphatic heterocycles. The van der Waals surface area contributed by atoms with Gasteiger partial charge in [-0.2, -0.15) is 5.26 Å². The molecule has 0 radical (unpaired) electrons. The lowest BCUT2D eigenvalue weighted by atomic mass is 9.69. The molecule has 2 rings (SSSR count). The second-order valence-corrected chi connectivity index (χ2v) is 4.25. The van der Waals surface area contributed by atoms with Gasteiger partial charge in [-0.15, -0.1) is 0 Å². The quantitative estimate of drug-likeness (QED) is 0.751. The van der Waals surface area contributed by atoms with Crippen molar-refractivity contribution in [2.45, 2.75) is 31.1 Å². The third kappa shape index (κ3) is 1.72. The molecular formula is C13H11F2NO. The molecule has 0 bridgehead atoms. The Balaban J connectivity index is 2.59. The predicted octanol–water partition coefficient (Wildman–Crippen LogP) is 2.87. The van der Waals surface area contributed by atoms with Crippen molar-refractivity contribution in [1.82, 2.24) is 0 Å². The van der Waals surface area contributed by atoms with Gasteiger partial charge < -0.3 is 0 Å². The molecule has 2 nitrogen and oxygen atoms in total. The number of hydrogen-bond acceptors (Lipinski definition) is 2. The minimum Gasteiger partial charge on any atom is -0.298 e. The van der Waals surface area contributed by atoms with E-state index in [4.69, 9.17) is 0 Å². The highest BCUT2D eigenvalue weighted by Gasteiger charge is 2.44. The van der Waals surface area contributed by atoms with Crippen LogP contribution in [-0.2, 0) is 10.2 Å². The Hall–Kier alpha value is -1.76. The lowest BCUT2D eigenvalue weighted by molar-refractivity contribution is -0.124. The van der Waals surface area contributed by atoms with Gasteiger partial charge in [0.05, 0.1) is 6.07 Å². The summed E-state index contributed by atoms with van der Waals surface area (Å²) in [5, 5.41) is 9.22. The minimum absolute atomic E-state index is 0.121. The van der Waals surface area contributed by atoms with Gasteiger partial charge in [0.25, 0.3) is 0 Å². The molecule has 0 N–H and O–H groups in total. The van der Waals surface area contributed by atoms with E-state index in [0.717, 1.165) is 6.07 Å². The van der Waals surface area contributed by atoms with Crippen molar-refractivity contribution in [1.29, 1.82) is 5.26 Å². The van der Waals surface area contributed by atoms with E-state index in [1.165, 1.54) is 12.1 Å². The first-order valence-electron chi connectivity index (χ1n) is 5.51. The first kappa shape index (κ1) is 11.7. The number of halogens is 2. The topological polar surface area (TPSA) is 40.9 Å². The van der Waals surface area contributed by atoms with Crippen molar-refractivity contribution in [3.63, 3.8) is 0 Å². The molecule has 1 fully saturated rings. The molecule has 1 saturated carbocycles. The first-order chi connectivity index (χ1) is 8.12. The maximum absolute atomic E-state index is 13.7. The summed E-state index contributed by atoms with van der Waals surface area (Å²) >= 11 is 0. The summed E-state index contributed by atoms with van der Waals surface area (Å²) in [6.07, 6.45) is 1.90. The summed E-state index contributed by atoms with van der Waals surface area (Å²) in [7, 11) is 0. The van der Waals surface area contributed by atoms with E-state index in [1.807, 2.05) is 6.07 Å². The van der Waals surface area contributed by atoms with Gasteiger partial charge in [0, 0.05) is 12.0 Å². The van der Waals surface area contributed by atoms with Crippen LogP contribution in [0.2, 0.25) is 0 Å². The second-order valence-electron chi connectivity index (χ2n) is 4.25. The van der Waals surface area contributed by atoms with E-state index in [0.29, 0.717) is 12.8 Å². The summed E-state index contributed by atoms with van der Waals surface area (Å²) < 4.78 is 26.9. The van der Waals surface area contributed by atoms with Crippen LogP contribution in [0.1, 0.15) is 31.2 Å². The summed E-state index contributed by atoms with van der Waals surface area (Å²) in [4.78, 5) is 11.9. The number of hydrogen-bond donors (Lipinski definition) is 0. The zero-order valence-electron chi connectivity index (χ0n) is 9.17. The van der Waals surface area contributed by atoms with Crippen LogP contribution in [0, 0.1) is 23.0 Å². The highest BCUT2D eigenvalue weighted by atomic mass is 19.2. The number of ketones is 1. The van der Waals surface area contributed by atoms with E-state index in [1.54, 1.807) is 0 Å². The monoisotopic (exact) mass is 235 g/mol. The van der Waals surface area contributed by atoms with Crippen molar-refractivity contribution >= 4 is 5.78 Å². The van der Waals surface area contributed by atoms with Gasteiger partial charge in [0.15, 0.2) is 17.4 Å². The van der Waals surface area contributed by atoms with Crippen LogP contribution < -0.4 is 0 Å². The molecular weight excluding hydrogens is 224 g/mol. The molecule has 0 saturated heterocycles. The molecule has 1 aliphatic carbocycles. The summed E-state index contributed by atoms with van der Waals surface area (Å²) in [6.45, 7) is 0. The Kier molecular flexibility index (Phi) is 2.93. The Bertz CT molecular complexity index is 507. The van der Waals surface area contributed by atoms with Gasteiger partial charge in [-0.05, 0) is 18.9 Å². The van der Waals surface area contributed by atoms with Crippen LogP contribution in [0.5, 0.6) is 0 Å². The zero-order chi connectivity index (χ0) is 12.5. The van der Waals surface area contributed by atoms with Gasteiger partial charge in [0.1, 0.15) is 5.41 Å². The second kappa shape index (κ2) is 4.25. The van der Waals surface area contributed by atoms with Crippen molar-refractivity contribution < 1.29 is 13.6 Å². The van der Waals surface area contributed by atoms with Crippen molar-refractivity contribution in [3.05, 3.63) is 35.4 Å². The largest absolute Gasteiger partial charge is 0.298 e. The van der Waals surface area contributed by atoms with Crippen molar-refractivity contribution in [2.75, 3.05) is 0 Å². The molecule has 88 valence electrons. The molecule has 0 unspecified atom stereocenters. The number of Topliss-reactive ketones (excluding diaryl/α,β-unsaturated/α-hetero) is 1. The van der Waals surface area contributed by atoms with Crippen LogP contribution in [0.3, 0.4) is 0 Å². The summed E-state index contributed by atoms with van der Waals surface area (Å²) in [6, 6.07) is 5.53. The number of carbonyl (C=O) groups excluding carboxylic acids is 1. The van der Waals surface area contributed by atoms with E-state index in [9.17, 15) is 18.8 Å². The Morgan fingerprint density at radius 2 is 2.06 bits per heavy atom. The maximum atomic E-state index is 13.7. The molecule has 17 heavy (non-hydrogen) atoms. The molecule has 0 heterocycles. The molecule has 0 spiro atoms.